The summed E-state index contributed by atoms with van der Waals surface area (Å²) in [4.78, 5) is 15.1. The smallest absolute Gasteiger partial charge is 0.305 e. The normalized spacial score (nSPS) is 15.6. The lowest BCUT2D eigenvalue weighted by atomic mass is 9.83. The molecular formula is C32H36FNO6. The Bertz CT molecular complexity index is 1370. The van der Waals surface area contributed by atoms with Crippen molar-refractivity contribution in [3.05, 3.63) is 82.9 Å². The highest BCUT2D eigenvalue weighted by atomic mass is 19.1. The first-order chi connectivity index (χ1) is 18.9. The first kappa shape index (κ1) is 29.2. The summed E-state index contributed by atoms with van der Waals surface area (Å²) in [6.07, 6.45) is 4.54. The predicted molar refractivity (Wildman–Crippen MR) is 151 cm³/mol. The number of ether oxygens (including phenoxy) is 2. The van der Waals surface area contributed by atoms with Crippen LogP contribution in [0.4, 0.5) is 4.39 Å². The van der Waals surface area contributed by atoms with Crippen LogP contribution in [0.5, 0.6) is 11.5 Å². The lowest BCUT2D eigenvalue weighted by Gasteiger charge is -2.24. The van der Waals surface area contributed by atoms with Crippen molar-refractivity contribution in [2.75, 3.05) is 0 Å². The molecule has 0 bridgehead atoms. The summed E-state index contributed by atoms with van der Waals surface area (Å²) in [5.41, 5.74) is 4.59. The molecule has 0 aliphatic carbocycles. The van der Waals surface area contributed by atoms with Crippen LogP contribution in [-0.2, 0) is 17.8 Å². The molecule has 2 heterocycles. The van der Waals surface area contributed by atoms with Crippen molar-refractivity contribution < 1.29 is 34.0 Å². The highest BCUT2D eigenvalue weighted by molar-refractivity contribution is 5.87. The molecule has 1 aliphatic heterocycles. The Balaban J connectivity index is 1.91. The molecule has 0 fully saturated rings. The predicted octanol–water partition coefficient (Wildman–Crippen LogP) is 5.90. The third kappa shape index (κ3) is 6.87. The summed E-state index contributed by atoms with van der Waals surface area (Å²) in [6, 6.07) is 9.89. The van der Waals surface area contributed by atoms with Gasteiger partial charge in [-0.25, -0.2) is 4.39 Å². The first-order valence-corrected chi connectivity index (χ1v) is 13.4. The first-order valence-electron chi connectivity index (χ1n) is 13.4. The molecule has 3 N–H and O–H groups in total. The quantitative estimate of drug-likeness (QED) is 0.273. The van der Waals surface area contributed by atoms with E-state index < -0.39 is 30.2 Å². The molecule has 2 atom stereocenters. The molecule has 0 spiro atoms. The standard InChI is InChI=1S/C32H36FNO6/c1-19(2)28-25(12-11-23(35)14-24(36)15-27(37)38)29(21-7-9-22(33)10-8-21)31(30-26(28)16-32(3,4)40-30)39-18-20-6-5-13-34-17-20/h5-13,17,19,23-24,35-36H,14-16,18H2,1-4H3,(H,37,38). The highest BCUT2D eigenvalue weighted by Crippen LogP contribution is 2.53. The summed E-state index contributed by atoms with van der Waals surface area (Å²) in [5, 5.41) is 29.7. The SMILES string of the molecule is CC(C)c1c(C=CC(O)CC(O)CC(=O)O)c(-c2ccc(F)cc2)c(OCc2cccnc2)c2c1CC(C)(C)O2. The maximum absolute atomic E-state index is 14.0. The zero-order valence-electron chi connectivity index (χ0n) is 23.2. The number of halogens is 1. The Morgan fingerprint density at radius 1 is 1.20 bits per heavy atom. The molecule has 212 valence electrons. The average molecular weight is 550 g/mol. The number of fused-ring (bicyclic) bond motifs is 1. The highest BCUT2D eigenvalue weighted by Gasteiger charge is 2.38. The number of pyridine rings is 1. The van der Waals surface area contributed by atoms with Gasteiger partial charge in [0.25, 0.3) is 0 Å². The van der Waals surface area contributed by atoms with E-state index in [1.54, 1.807) is 36.7 Å². The summed E-state index contributed by atoms with van der Waals surface area (Å²) in [5.74, 6) is -0.288. The third-order valence-electron chi connectivity index (χ3n) is 6.80. The number of carbonyl (C=O) groups is 1. The van der Waals surface area contributed by atoms with Crippen molar-refractivity contribution in [3.63, 3.8) is 0 Å². The maximum atomic E-state index is 14.0. The molecule has 4 rings (SSSR count). The lowest BCUT2D eigenvalue weighted by Crippen LogP contribution is -2.25. The van der Waals surface area contributed by atoms with Crippen molar-refractivity contribution in [2.45, 2.75) is 77.3 Å². The van der Waals surface area contributed by atoms with Gasteiger partial charge in [-0.2, -0.15) is 0 Å². The molecule has 2 unspecified atom stereocenters. The minimum Gasteiger partial charge on any atom is -0.484 e. The second kappa shape index (κ2) is 12.2. The van der Waals surface area contributed by atoms with E-state index in [9.17, 15) is 19.4 Å². The van der Waals surface area contributed by atoms with Crippen molar-refractivity contribution in [3.8, 4) is 22.6 Å². The Kier molecular flexibility index (Phi) is 8.91. The van der Waals surface area contributed by atoms with Gasteiger partial charge >= 0.3 is 5.97 Å². The van der Waals surface area contributed by atoms with Crippen LogP contribution >= 0.6 is 0 Å². The van der Waals surface area contributed by atoms with Crippen molar-refractivity contribution >= 4 is 12.0 Å². The second-order valence-corrected chi connectivity index (χ2v) is 11.1. The Morgan fingerprint density at radius 3 is 2.55 bits per heavy atom. The van der Waals surface area contributed by atoms with Gasteiger partial charge in [0.05, 0.1) is 18.6 Å². The van der Waals surface area contributed by atoms with E-state index in [2.05, 4.69) is 18.8 Å². The van der Waals surface area contributed by atoms with Crippen LogP contribution in [0.25, 0.3) is 17.2 Å². The number of aliphatic carboxylic acids is 1. The molecule has 1 aromatic heterocycles. The van der Waals surface area contributed by atoms with Crippen LogP contribution in [0, 0.1) is 5.82 Å². The zero-order valence-corrected chi connectivity index (χ0v) is 23.2. The Labute approximate surface area is 233 Å². The number of rotatable bonds is 11. The molecular weight excluding hydrogens is 513 g/mol. The number of aromatic nitrogens is 1. The summed E-state index contributed by atoms with van der Waals surface area (Å²) in [6.45, 7) is 8.42. The van der Waals surface area contributed by atoms with E-state index in [-0.39, 0.29) is 24.8 Å². The van der Waals surface area contributed by atoms with E-state index in [1.165, 1.54) is 12.1 Å². The fourth-order valence-electron chi connectivity index (χ4n) is 5.18. The van der Waals surface area contributed by atoms with Crippen molar-refractivity contribution in [1.82, 2.24) is 4.98 Å². The van der Waals surface area contributed by atoms with Gasteiger partial charge in [0.1, 0.15) is 18.0 Å². The fraction of sp³-hybridized carbons (Fsp3) is 0.375. The van der Waals surface area contributed by atoms with Gasteiger partial charge in [-0.1, -0.05) is 44.2 Å². The van der Waals surface area contributed by atoms with Crippen molar-refractivity contribution in [1.29, 1.82) is 0 Å². The van der Waals surface area contributed by atoms with E-state index >= 15 is 0 Å². The van der Waals surface area contributed by atoms with Crippen LogP contribution in [0.2, 0.25) is 0 Å². The molecule has 7 nitrogen and oxygen atoms in total. The molecule has 8 heteroatoms. The Morgan fingerprint density at radius 2 is 1.93 bits per heavy atom. The minimum atomic E-state index is -1.19. The topological polar surface area (TPSA) is 109 Å². The number of aliphatic hydroxyl groups excluding tert-OH is 2. The van der Waals surface area contributed by atoms with Gasteiger partial charge in [-0.3, -0.25) is 9.78 Å². The van der Waals surface area contributed by atoms with E-state index in [0.29, 0.717) is 29.0 Å². The van der Waals surface area contributed by atoms with Gasteiger partial charge in [0.15, 0.2) is 11.5 Å². The zero-order chi connectivity index (χ0) is 29.0. The number of nitrogens with zero attached hydrogens (tertiary/aromatic N) is 1. The van der Waals surface area contributed by atoms with Gasteiger partial charge < -0.3 is 24.8 Å². The molecule has 0 amide bonds. The average Bonchev–Trinajstić information content (AvgIpc) is 3.20. The van der Waals surface area contributed by atoms with Gasteiger partial charge in [-0.05, 0) is 54.7 Å². The van der Waals surface area contributed by atoms with E-state index in [4.69, 9.17) is 14.6 Å². The molecule has 2 aromatic carbocycles. The van der Waals surface area contributed by atoms with Gasteiger partial charge in [0, 0.05) is 41.9 Å². The van der Waals surface area contributed by atoms with E-state index in [1.807, 2.05) is 26.0 Å². The number of carboxylic acid groups (broad SMARTS) is 1. The van der Waals surface area contributed by atoms with E-state index in [0.717, 1.165) is 22.3 Å². The number of aliphatic hydroxyl groups is 2. The van der Waals surface area contributed by atoms with Crippen LogP contribution < -0.4 is 9.47 Å². The summed E-state index contributed by atoms with van der Waals surface area (Å²) >= 11 is 0. The fourth-order valence-corrected chi connectivity index (χ4v) is 5.18. The lowest BCUT2D eigenvalue weighted by molar-refractivity contribution is -0.139. The minimum absolute atomic E-state index is 0.0622. The number of benzene rings is 2. The van der Waals surface area contributed by atoms with Crippen LogP contribution in [-0.4, -0.2) is 44.1 Å². The molecule has 0 radical (unpaired) electrons. The number of carboxylic acids is 1. The number of hydrogen-bond donors (Lipinski definition) is 3. The monoisotopic (exact) mass is 549 g/mol. The van der Waals surface area contributed by atoms with Gasteiger partial charge in [-0.15, -0.1) is 0 Å². The van der Waals surface area contributed by atoms with Crippen molar-refractivity contribution in [2.24, 2.45) is 0 Å². The summed E-state index contributed by atoms with van der Waals surface area (Å²) < 4.78 is 27.0. The molecule has 1 aliphatic rings. The summed E-state index contributed by atoms with van der Waals surface area (Å²) in [7, 11) is 0. The second-order valence-electron chi connectivity index (χ2n) is 11.1. The number of hydrogen-bond acceptors (Lipinski definition) is 6. The Hall–Kier alpha value is -3.75. The maximum Gasteiger partial charge on any atom is 0.305 e. The van der Waals surface area contributed by atoms with Crippen LogP contribution in [0.1, 0.15) is 68.7 Å². The molecule has 0 saturated carbocycles. The van der Waals surface area contributed by atoms with Crippen LogP contribution in [0.3, 0.4) is 0 Å². The van der Waals surface area contributed by atoms with Crippen LogP contribution in [0.15, 0.2) is 54.9 Å². The molecule has 3 aromatic rings. The van der Waals surface area contributed by atoms with Gasteiger partial charge in [0.2, 0.25) is 0 Å². The molecule has 40 heavy (non-hydrogen) atoms. The largest absolute Gasteiger partial charge is 0.484 e. The third-order valence-corrected chi connectivity index (χ3v) is 6.80. The molecule has 0 saturated heterocycles.